The van der Waals surface area contributed by atoms with E-state index in [-0.39, 0.29) is 5.57 Å². The molecule has 7 nitrogen and oxygen atoms in total. The minimum Gasteiger partial charge on any atom is -0.496 e. The van der Waals surface area contributed by atoms with Crippen LogP contribution in [0.15, 0.2) is 54.1 Å². The van der Waals surface area contributed by atoms with Gasteiger partial charge in [0.15, 0.2) is 5.57 Å². The van der Waals surface area contributed by atoms with E-state index in [4.69, 9.17) is 18.9 Å². The molecule has 0 unspecified atom stereocenters. The van der Waals surface area contributed by atoms with Crippen LogP contribution in [0.3, 0.4) is 0 Å². The van der Waals surface area contributed by atoms with E-state index < -0.39 is 23.5 Å². The number of hydrogen-bond acceptors (Lipinski definition) is 7. The molecule has 0 bridgehead atoms. The molecule has 30 heavy (non-hydrogen) atoms. The fraction of sp³-hybridized carbons (Fsp3) is 0.261. The Hall–Kier alpha value is -3.61. The predicted octanol–water partition coefficient (Wildman–Crippen LogP) is 2.75. The molecule has 158 valence electrons. The highest BCUT2D eigenvalue weighted by atomic mass is 16.5. The normalized spacial score (nSPS) is 10.0. The van der Waals surface area contributed by atoms with Crippen LogP contribution < -0.4 is 4.74 Å². The lowest BCUT2D eigenvalue weighted by Crippen LogP contribution is -2.22. The third-order valence-corrected chi connectivity index (χ3v) is 4.56. The van der Waals surface area contributed by atoms with Gasteiger partial charge in [-0.2, -0.15) is 0 Å². The van der Waals surface area contributed by atoms with Crippen molar-refractivity contribution in [2.75, 3.05) is 28.4 Å². The summed E-state index contributed by atoms with van der Waals surface area (Å²) in [6.07, 6.45) is 1.13. The van der Waals surface area contributed by atoms with Crippen molar-refractivity contribution in [2.24, 2.45) is 0 Å². The van der Waals surface area contributed by atoms with Gasteiger partial charge in [-0.3, -0.25) is 0 Å². The highest BCUT2D eigenvalue weighted by molar-refractivity contribution is 6.32. The number of carbonyl (C=O) groups excluding carboxylic acids is 3. The Kier molecular flexibility index (Phi) is 8.17. The Bertz CT molecular complexity index is 942. The molecule has 0 spiro atoms. The van der Waals surface area contributed by atoms with E-state index in [1.165, 1.54) is 7.11 Å². The molecule has 0 saturated heterocycles. The Morgan fingerprint density at radius 1 is 0.667 bits per heavy atom. The maximum absolute atomic E-state index is 12.6. The number of aryl methyl sites for hydroxylation is 2. The molecule has 0 amide bonds. The van der Waals surface area contributed by atoms with Crippen LogP contribution in [0, 0.1) is 0 Å². The Labute approximate surface area is 175 Å². The number of hydrogen-bond donors (Lipinski definition) is 0. The maximum atomic E-state index is 12.6. The first-order valence-corrected chi connectivity index (χ1v) is 9.17. The zero-order valence-electron chi connectivity index (χ0n) is 17.4. The summed E-state index contributed by atoms with van der Waals surface area (Å²) in [5.41, 5.74) is 1.40. The number of esters is 3. The average molecular weight is 412 g/mol. The number of carbonyl (C=O) groups is 3. The first kappa shape index (κ1) is 22.7. The summed E-state index contributed by atoms with van der Waals surface area (Å²) in [4.78, 5) is 37.2. The molecule has 0 aliphatic carbocycles. The van der Waals surface area contributed by atoms with Crippen LogP contribution in [0.5, 0.6) is 5.75 Å². The van der Waals surface area contributed by atoms with Crippen LogP contribution >= 0.6 is 0 Å². The fourth-order valence-corrected chi connectivity index (χ4v) is 3.10. The molecule has 0 aliphatic rings. The second kappa shape index (κ2) is 10.8. The molecule has 2 aromatic rings. The van der Waals surface area contributed by atoms with Crippen molar-refractivity contribution in [3.05, 3.63) is 70.8 Å². The summed E-state index contributed by atoms with van der Waals surface area (Å²) < 4.78 is 19.7. The molecule has 0 fully saturated rings. The van der Waals surface area contributed by atoms with Crippen LogP contribution in [0.1, 0.15) is 16.7 Å². The fourth-order valence-electron chi connectivity index (χ4n) is 3.10. The first-order valence-electron chi connectivity index (χ1n) is 9.17. The van der Waals surface area contributed by atoms with E-state index >= 15 is 0 Å². The second-order valence-electron chi connectivity index (χ2n) is 6.19. The van der Waals surface area contributed by atoms with Gasteiger partial charge in [0.1, 0.15) is 5.75 Å². The molecule has 0 atom stereocenters. The quantitative estimate of drug-likeness (QED) is 0.217. The topological polar surface area (TPSA) is 88.1 Å². The van der Waals surface area contributed by atoms with E-state index in [1.54, 1.807) is 19.2 Å². The lowest BCUT2D eigenvalue weighted by molar-refractivity contribution is -0.145. The Morgan fingerprint density at radius 2 is 1.17 bits per heavy atom. The lowest BCUT2D eigenvalue weighted by Gasteiger charge is -2.15. The van der Waals surface area contributed by atoms with Gasteiger partial charge in [0.2, 0.25) is 0 Å². The predicted molar refractivity (Wildman–Crippen MR) is 110 cm³/mol. The Balaban J connectivity index is 2.58. The van der Waals surface area contributed by atoms with Crippen molar-refractivity contribution in [3.8, 4) is 5.75 Å². The summed E-state index contributed by atoms with van der Waals surface area (Å²) >= 11 is 0. The standard InChI is InChI=1S/C23H24O7/c1-27-18-12-8-6-10-16(18)14-13-15-9-5-7-11-17(15)19(21(24)28-2)20(22(25)29-3)23(26)30-4/h5-12H,13-14H2,1-4H3. The third-order valence-electron chi connectivity index (χ3n) is 4.56. The Morgan fingerprint density at radius 3 is 1.73 bits per heavy atom. The van der Waals surface area contributed by atoms with Crippen molar-refractivity contribution >= 4 is 23.5 Å². The van der Waals surface area contributed by atoms with Gasteiger partial charge in [-0.25, -0.2) is 14.4 Å². The molecule has 0 saturated carbocycles. The number of methoxy groups -OCH3 is 4. The van der Waals surface area contributed by atoms with Gasteiger partial charge >= 0.3 is 17.9 Å². The van der Waals surface area contributed by atoms with Gasteiger partial charge in [-0.05, 0) is 35.6 Å². The van der Waals surface area contributed by atoms with Gasteiger partial charge in [-0.15, -0.1) is 0 Å². The van der Waals surface area contributed by atoms with Gasteiger partial charge in [0, 0.05) is 0 Å². The van der Waals surface area contributed by atoms with Crippen molar-refractivity contribution in [1.82, 2.24) is 0 Å². The van der Waals surface area contributed by atoms with Crippen molar-refractivity contribution in [2.45, 2.75) is 12.8 Å². The monoisotopic (exact) mass is 412 g/mol. The molecule has 7 heteroatoms. The molecule has 2 aromatic carbocycles. The van der Waals surface area contributed by atoms with E-state index in [0.717, 1.165) is 31.1 Å². The average Bonchev–Trinajstić information content (AvgIpc) is 2.80. The largest absolute Gasteiger partial charge is 0.496 e. The van der Waals surface area contributed by atoms with Crippen molar-refractivity contribution in [1.29, 1.82) is 0 Å². The first-order chi connectivity index (χ1) is 14.5. The SMILES string of the molecule is COC(=O)C(C(=O)OC)=C(C(=O)OC)c1ccccc1CCc1ccccc1OC. The molecular weight excluding hydrogens is 388 g/mol. The van der Waals surface area contributed by atoms with Gasteiger partial charge in [0.05, 0.1) is 34.0 Å². The van der Waals surface area contributed by atoms with Crippen LogP contribution in [-0.4, -0.2) is 46.3 Å². The molecule has 0 aliphatic heterocycles. The van der Waals surface area contributed by atoms with Gasteiger partial charge in [0.25, 0.3) is 0 Å². The third kappa shape index (κ3) is 5.05. The van der Waals surface area contributed by atoms with Gasteiger partial charge < -0.3 is 18.9 Å². The minimum atomic E-state index is -0.984. The molecule has 0 heterocycles. The van der Waals surface area contributed by atoms with Crippen LogP contribution in [0.2, 0.25) is 0 Å². The maximum Gasteiger partial charge on any atom is 0.346 e. The summed E-state index contributed by atoms with van der Waals surface area (Å²) in [6.45, 7) is 0. The van der Waals surface area contributed by atoms with Crippen molar-refractivity contribution in [3.63, 3.8) is 0 Å². The van der Waals surface area contributed by atoms with Crippen LogP contribution in [0.4, 0.5) is 0 Å². The summed E-state index contributed by atoms with van der Waals surface area (Å²) in [5, 5.41) is 0. The number of rotatable bonds is 8. The zero-order valence-corrected chi connectivity index (χ0v) is 17.4. The van der Waals surface area contributed by atoms with Crippen LogP contribution in [-0.2, 0) is 41.4 Å². The number of benzene rings is 2. The van der Waals surface area contributed by atoms with E-state index in [1.807, 2.05) is 36.4 Å². The highest BCUT2D eigenvalue weighted by Gasteiger charge is 2.31. The summed E-state index contributed by atoms with van der Waals surface area (Å²) in [5.74, 6) is -2.06. The second-order valence-corrected chi connectivity index (χ2v) is 6.19. The smallest absolute Gasteiger partial charge is 0.346 e. The van der Waals surface area contributed by atoms with E-state index in [2.05, 4.69) is 0 Å². The molecule has 0 N–H and O–H groups in total. The molecule has 2 rings (SSSR count). The zero-order chi connectivity index (χ0) is 22.1. The molecule has 0 radical (unpaired) electrons. The van der Waals surface area contributed by atoms with Gasteiger partial charge in [-0.1, -0.05) is 42.5 Å². The number of para-hydroxylation sites is 1. The molecule has 0 aromatic heterocycles. The van der Waals surface area contributed by atoms with Crippen molar-refractivity contribution < 1.29 is 33.3 Å². The van der Waals surface area contributed by atoms with E-state index in [9.17, 15) is 14.4 Å². The minimum absolute atomic E-state index is 0.202. The van der Waals surface area contributed by atoms with E-state index in [0.29, 0.717) is 18.4 Å². The lowest BCUT2D eigenvalue weighted by atomic mass is 9.92. The van der Waals surface area contributed by atoms with Crippen LogP contribution in [0.25, 0.3) is 5.57 Å². The highest BCUT2D eigenvalue weighted by Crippen LogP contribution is 2.28. The molecular formula is C23H24O7. The number of ether oxygens (including phenoxy) is 4. The summed E-state index contributed by atoms with van der Waals surface area (Å²) in [7, 11) is 5.01. The summed E-state index contributed by atoms with van der Waals surface area (Å²) in [6, 6.07) is 14.6.